The summed E-state index contributed by atoms with van der Waals surface area (Å²) in [7, 11) is 3.75. The fourth-order valence-electron chi connectivity index (χ4n) is 3.37. The first-order chi connectivity index (χ1) is 13.8. The maximum atomic E-state index is 13.2. The zero-order chi connectivity index (χ0) is 21.0. The highest BCUT2D eigenvalue weighted by molar-refractivity contribution is 6.31. The quantitative estimate of drug-likeness (QED) is 0.757. The van der Waals surface area contributed by atoms with Crippen LogP contribution in [0.25, 0.3) is 0 Å². The molecule has 1 aliphatic heterocycles. The molecule has 2 aromatic carbocycles. The lowest BCUT2D eigenvalue weighted by Crippen LogP contribution is -2.55. The number of carbonyl (C=O) groups excluding carboxylic acids is 2. The lowest BCUT2D eigenvalue weighted by Gasteiger charge is -2.34. The van der Waals surface area contributed by atoms with Crippen LogP contribution in [0.5, 0.6) is 0 Å². The van der Waals surface area contributed by atoms with E-state index in [4.69, 9.17) is 11.6 Å². The number of piperazine rings is 1. The molecule has 0 spiro atoms. The van der Waals surface area contributed by atoms with Gasteiger partial charge in [0.15, 0.2) is 0 Å². The summed E-state index contributed by atoms with van der Waals surface area (Å²) in [6.07, 6.45) is 0.00636. The molecule has 8 heteroatoms. The van der Waals surface area contributed by atoms with Crippen LogP contribution in [0.3, 0.4) is 0 Å². The van der Waals surface area contributed by atoms with E-state index in [-0.39, 0.29) is 24.1 Å². The SMILES string of the molecule is CN(C)c1ccc(Cl)cc1NC(=O)CC1C(=O)NCCN1Cc1ccc(F)cc1. The van der Waals surface area contributed by atoms with Crippen LogP contribution in [0.1, 0.15) is 12.0 Å². The van der Waals surface area contributed by atoms with Gasteiger partial charge >= 0.3 is 0 Å². The fourth-order valence-corrected chi connectivity index (χ4v) is 3.54. The van der Waals surface area contributed by atoms with Crippen molar-refractivity contribution in [1.29, 1.82) is 0 Å². The molecule has 0 saturated carbocycles. The number of nitrogens with one attached hydrogen (secondary N) is 2. The first-order valence-electron chi connectivity index (χ1n) is 9.36. The van der Waals surface area contributed by atoms with E-state index in [0.717, 1.165) is 11.3 Å². The zero-order valence-corrected chi connectivity index (χ0v) is 17.2. The maximum Gasteiger partial charge on any atom is 0.237 e. The third kappa shape index (κ3) is 5.46. The topological polar surface area (TPSA) is 64.7 Å². The van der Waals surface area contributed by atoms with Crippen molar-refractivity contribution in [3.05, 3.63) is 58.9 Å². The monoisotopic (exact) mass is 418 g/mol. The smallest absolute Gasteiger partial charge is 0.237 e. The molecule has 2 amide bonds. The molecule has 0 aromatic heterocycles. The van der Waals surface area contributed by atoms with Crippen molar-refractivity contribution in [2.24, 2.45) is 0 Å². The summed E-state index contributed by atoms with van der Waals surface area (Å²) < 4.78 is 13.2. The summed E-state index contributed by atoms with van der Waals surface area (Å²) in [5.41, 5.74) is 2.30. The molecular weight excluding hydrogens is 395 g/mol. The Morgan fingerprint density at radius 1 is 1.28 bits per heavy atom. The molecule has 29 heavy (non-hydrogen) atoms. The van der Waals surface area contributed by atoms with Gasteiger partial charge in [0.05, 0.1) is 23.8 Å². The van der Waals surface area contributed by atoms with E-state index >= 15 is 0 Å². The van der Waals surface area contributed by atoms with Gasteiger partial charge in [-0.1, -0.05) is 23.7 Å². The lowest BCUT2D eigenvalue weighted by molar-refractivity contribution is -0.132. The van der Waals surface area contributed by atoms with Crippen LogP contribution in [0.15, 0.2) is 42.5 Å². The number of hydrogen-bond acceptors (Lipinski definition) is 4. The predicted octanol–water partition coefficient (Wildman–Crippen LogP) is 2.87. The highest BCUT2D eigenvalue weighted by Crippen LogP contribution is 2.28. The van der Waals surface area contributed by atoms with Gasteiger partial charge in [0.2, 0.25) is 11.8 Å². The Morgan fingerprint density at radius 3 is 2.69 bits per heavy atom. The molecule has 0 bridgehead atoms. The molecule has 1 atom stereocenters. The standard InChI is InChI=1S/C21H24ClFN4O2/c1-26(2)18-8-5-15(22)11-17(18)25-20(28)12-19-21(29)24-9-10-27(19)13-14-3-6-16(23)7-4-14/h3-8,11,19H,9-10,12-13H2,1-2H3,(H,24,29)(H,25,28). The van der Waals surface area contributed by atoms with Gasteiger partial charge in [0.1, 0.15) is 5.82 Å². The van der Waals surface area contributed by atoms with Crippen LogP contribution in [0.2, 0.25) is 5.02 Å². The highest BCUT2D eigenvalue weighted by atomic mass is 35.5. The Bertz CT molecular complexity index is 889. The number of anilines is 2. The number of halogens is 2. The maximum absolute atomic E-state index is 13.2. The van der Waals surface area contributed by atoms with Gasteiger partial charge in [0, 0.05) is 38.8 Å². The molecule has 2 aromatic rings. The Kier molecular flexibility index (Phi) is 6.71. The van der Waals surface area contributed by atoms with Gasteiger partial charge in [0.25, 0.3) is 0 Å². The van der Waals surface area contributed by atoms with Crippen LogP contribution in [0.4, 0.5) is 15.8 Å². The van der Waals surface area contributed by atoms with Gasteiger partial charge in [-0.3, -0.25) is 14.5 Å². The molecule has 2 N–H and O–H groups in total. The minimum Gasteiger partial charge on any atom is -0.376 e. The van der Waals surface area contributed by atoms with Crippen LogP contribution in [0, 0.1) is 5.82 Å². The van der Waals surface area contributed by atoms with Crippen LogP contribution < -0.4 is 15.5 Å². The number of benzene rings is 2. The largest absolute Gasteiger partial charge is 0.376 e. The summed E-state index contributed by atoms with van der Waals surface area (Å²) in [5.74, 6) is -0.770. The second-order valence-corrected chi connectivity index (χ2v) is 7.65. The van der Waals surface area contributed by atoms with E-state index in [1.165, 1.54) is 12.1 Å². The van der Waals surface area contributed by atoms with Gasteiger partial charge in [-0.2, -0.15) is 0 Å². The molecule has 1 unspecified atom stereocenters. The van der Waals surface area contributed by atoms with Gasteiger partial charge < -0.3 is 15.5 Å². The Balaban J connectivity index is 1.72. The average Bonchev–Trinajstić information content (AvgIpc) is 2.66. The van der Waals surface area contributed by atoms with E-state index in [0.29, 0.717) is 30.3 Å². The van der Waals surface area contributed by atoms with Crippen molar-refractivity contribution >= 4 is 34.8 Å². The molecule has 1 saturated heterocycles. The molecule has 1 fully saturated rings. The van der Waals surface area contributed by atoms with E-state index in [2.05, 4.69) is 10.6 Å². The Labute approximate surface area is 174 Å². The Morgan fingerprint density at radius 2 is 2.00 bits per heavy atom. The van der Waals surface area contributed by atoms with E-state index < -0.39 is 6.04 Å². The average molecular weight is 419 g/mol. The third-order valence-corrected chi connectivity index (χ3v) is 5.07. The van der Waals surface area contributed by atoms with Crippen molar-refractivity contribution in [3.8, 4) is 0 Å². The molecule has 0 radical (unpaired) electrons. The first-order valence-corrected chi connectivity index (χ1v) is 9.74. The second-order valence-electron chi connectivity index (χ2n) is 7.21. The molecule has 1 heterocycles. The molecule has 154 valence electrons. The number of hydrogen-bond donors (Lipinski definition) is 2. The van der Waals surface area contributed by atoms with Crippen LogP contribution in [-0.4, -0.2) is 49.9 Å². The lowest BCUT2D eigenvalue weighted by atomic mass is 10.1. The minimum atomic E-state index is -0.601. The molecule has 3 rings (SSSR count). The number of nitrogens with zero attached hydrogens (tertiary/aromatic N) is 2. The summed E-state index contributed by atoms with van der Waals surface area (Å²) in [6, 6.07) is 10.8. The molecule has 6 nitrogen and oxygen atoms in total. The minimum absolute atomic E-state index is 0.00636. The van der Waals surface area contributed by atoms with Gasteiger partial charge in [-0.15, -0.1) is 0 Å². The summed E-state index contributed by atoms with van der Waals surface area (Å²) in [4.78, 5) is 29.0. The number of amides is 2. The van der Waals surface area contributed by atoms with Gasteiger partial charge in [-0.25, -0.2) is 4.39 Å². The summed E-state index contributed by atoms with van der Waals surface area (Å²) in [5, 5.41) is 6.20. The zero-order valence-electron chi connectivity index (χ0n) is 16.4. The van der Waals surface area contributed by atoms with E-state index in [9.17, 15) is 14.0 Å². The number of carbonyl (C=O) groups is 2. The normalized spacial score (nSPS) is 17.0. The summed E-state index contributed by atoms with van der Waals surface area (Å²) in [6.45, 7) is 1.59. The Hall–Kier alpha value is -2.64. The van der Waals surface area contributed by atoms with Crippen LogP contribution in [-0.2, 0) is 16.1 Å². The third-order valence-electron chi connectivity index (χ3n) is 4.83. The van der Waals surface area contributed by atoms with E-state index in [1.807, 2.05) is 30.0 Å². The number of rotatable bonds is 6. The molecule has 1 aliphatic rings. The van der Waals surface area contributed by atoms with Crippen molar-refractivity contribution in [3.63, 3.8) is 0 Å². The second kappa shape index (κ2) is 9.24. The van der Waals surface area contributed by atoms with Crippen molar-refractivity contribution in [1.82, 2.24) is 10.2 Å². The highest BCUT2D eigenvalue weighted by Gasteiger charge is 2.31. The van der Waals surface area contributed by atoms with Crippen molar-refractivity contribution in [2.45, 2.75) is 19.0 Å². The first kappa shape index (κ1) is 21.1. The fraction of sp³-hybridized carbons (Fsp3) is 0.333. The summed E-state index contributed by atoms with van der Waals surface area (Å²) >= 11 is 6.08. The molecular formula is C21H24ClFN4O2. The van der Waals surface area contributed by atoms with Gasteiger partial charge in [-0.05, 0) is 35.9 Å². The van der Waals surface area contributed by atoms with Crippen molar-refractivity contribution < 1.29 is 14.0 Å². The molecule has 0 aliphatic carbocycles. The predicted molar refractivity (Wildman–Crippen MR) is 113 cm³/mol. The van der Waals surface area contributed by atoms with Crippen LogP contribution >= 0.6 is 11.6 Å². The van der Waals surface area contributed by atoms with E-state index in [1.54, 1.807) is 24.3 Å². The van der Waals surface area contributed by atoms with Crippen molar-refractivity contribution in [2.75, 3.05) is 37.4 Å².